The average molecular weight is 424 g/mol. The van der Waals surface area contributed by atoms with Gasteiger partial charge < -0.3 is 10.6 Å². The minimum Gasteiger partial charge on any atom is -0.352 e. The number of anilines is 1. The monoisotopic (exact) mass is 423 g/mol. The van der Waals surface area contributed by atoms with Crippen LogP contribution in [0.1, 0.15) is 49.9 Å². The molecule has 28 heavy (non-hydrogen) atoms. The normalized spacial score (nSPS) is 23.7. The first-order valence-electron chi connectivity index (χ1n) is 10.0. The van der Waals surface area contributed by atoms with E-state index in [4.69, 9.17) is 0 Å². The second-order valence-corrected chi connectivity index (χ2v) is 10.9. The van der Waals surface area contributed by atoms with Gasteiger partial charge in [0.15, 0.2) is 15.0 Å². The molecule has 0 unspecified atom stereocenters. The highest BCUT2D eigenvalue weighted by Gasteiger charge is 2.42. The second kappa shape index (κ2) is 9.31. The first-order valence-corrected chi connectivity index (χ1v) is 12.7. The van der Waals surface area contributed by atoms with Crippen molar-refractivity contribution < 1.29 is 13.2 Å². The van der Waals surface area contributed by atoms with Gasteiger partial charge in [0.25, 0.3) is 5.91 Å². The van der Waals surface area contributed by atoms with Crippen LogP contribution in [0.25, 0.3) is 0 Å². The average Bonchev–Trinajstić information content (AvgIpc) is 3.14. The van der Waals surface area contributed by atoms with Crippen molar-refractivity contribution in [1.29, 1.82) is 0 Å². The number of fused-ring (bicyclic) bond motifs is 1. The predicted molar refractivity (Wildman–Crippen MR) is 117 cm³/mol. The van der Waals surface area contributed by atoms with Gasteiger partial charge in [-0.25, -0.2) is 8.42 Å². The summed E-state index contributed by atoms with van der Waals surface area (Å²) in [5.74, 6) is 0.776. The number of hydrogen-bond acceptors (Lipinski definition) is 6. The molecule has 1 fully saturated rings. The molecule has 3 rings (SSSR count). The fourth-order valence-corrected chi connectivity index (χ4v) is 7.24. The summed E-state index contributed by atoms with van der Waals surface area (Å²) < 4.78 is 23.3. The number of amidine groups is 1. The highest BCUT2D eigenvalue weighted by Crippen LogP contribution is 2.34. The largest absolute Gasteiger partial charge is 0.352 e. The Morgan fingerprint density at radius 2 is 2.14 bits per heavy atom. The molecule has 0 aliphatic carbocycles. The van der Waals surface area contributed by atoms with Crippen molar-refractivity contribution in [2.45, 2.75) is 50.8 Å². The van der Waals surface area contributed by atoms with Crippen molar-refractivity contribution in [3.05, 3.63) is 29.8 Å². The number of aliphatic imine (C=N–C) groups is 1. The van der Waals surface area contributed by atoms with Crippen molar-refractivity contribution in [2.24, 2.45) is 10.9 Å². The summed E-state index contributed by atoms with van der Waals surface area (Å²) in [6.07, 6.45) is 4.57. The van der Waals surface area contributed by atoms with Crippen LogP contribution in [0.15, 0.2) is 29.3 Å². The van der Waals surface area contributed by atoms with Gasteiger partial charge in [-0.2, -0.15) is 0 Å². The van der Waals surface area contributed by atoms with Crippen LogP contribution in [0.5, 0.6) is 0 Å². The quantitative estimate of drug-likeness (QED) is 0.670. The molecule has 8 heteroatoms. The summed E-state index contributed by atoms with van der Waals surface area (Å²) in [4.78, 5) is 17.0. The number of nitrogens with one attached hydrogen (secondary N) is 2. The van der Waals surface area contributed by atoms with Crippen LogP contribution in [0, 0.1) is 5.92 Å². The Labute approximate surface area is 171 Å². The van der Waals surface area contributed by atoms with Gasteiger partial charge in [-0.05, 0) is 30.5 Å². The number of unbranched alkanes of at least 4 members (excludes halogenated alkanes) is 1. The van der Waals surface area contributed by atoms with Crippen molar-refractivity contribution in [3.63, 3.8) is 0 Å². The van der Waals surface area contributed by atoms with Gasteiger partial charge in [0.2, 0.25) is 0 Å². The highest BCUT2D eigenvalue weighted by atomic mass is 32.2. The smallest absolute Gasteiger partial charge is 0.251 e. The van der Waals surface area contributed by atoms with Crippen LogP contribution in [0.2, 0.25) is 0 Å². The van der Waals surface area contributed by atoms with E-state index in [0.717, 1.165) is 23.7 Å². The molecule has 0 aromatic heterocycles. The molecule has 1 amide bonds. The van der Waals surface area contributed by atoms with Crippen LogP contribution in [0.3, 0.4) is 0 Å². The summed E-state index contributed by atoms with van der Waals surface area (Å²) >= 11 is 1.48. The lowest BCUT2D eigenvalue weighted by Gasteiger charge is -2.15. The van der Waals surface area contributed by atoms with E-state index in [2.05, 4.69) is 29.5 Å². The van der Waals surface area contributed by atoms with E-state index in [1.54, 1.807) is 6.07 Å². The van der Waals surface area contributed by atoms with Gasteiger partial charge in [0, 0.05) is 23.0 Å². The maximum Gasteiger partial charge on any atom is 0.251 e. The molecule has 2 aliphatic heterocycles. The second-order valence-electron chi connectivity index (χ2n) is 7.57. The van der Waals surface area contributed by atoms with Crippen molar-refractivity contribution in [2.75, 3.05) is 23.4 Å². The maximum absolute atomic E-state index is 12.5. The lowest BCUT2D eigenvalue weighted by Crippen LogP contribution is -2.29. The summed E-state index contributed by atoms with van der Waals surface area (Å²) in [6.45, 7) is 5.05. The molecule has 2 heterocycles. The van der Waals surface area contributed by atoms with Gasteiger partial charge in [0.1, 0.15) is 0 Å². The minimum absolute atomic E-state index is 0.00748. The number of rotatable bonds is 8. The van der Waals surface area contributed by atoms with Gasteiger partial charge in [0.05, 0.1) is 17.5 Å². The Bertz CT molecular complexity index is 839. The third kappa shape index (κ3) is 5.50. The van der Waals surface area contributed by atoms with Crippen LogP contribution in [-0.2, 0) is 9.84 Å². The molecule has 1 aromatic rings. The molecular formula is C20H29N3O3S2. The van der Waals surface area contributed by atoms with Gasteiger partial charge >= 0.3 is 0 Å². The molecule has 0 bridgehead atoms. The Morgan fingerprint density at radius 1 is 1.32 bits per heavy atom. The number of nitrogens with zero attached hydrogens (tertiary/aromatic N) is 1. The van der Waals surface area contributed by atoms with Crippen LogP contribution in [0.4, 0.5) is 5.69 Å². The number of sulfone groups is 1. The fraction of sp³-hybridized carbons (Fsp3) is 0.600. The molecule has 2 aliphatic rings. The lowest BCUT2D eigenvalue weighted by atomic mass is 9.99. The predicted octanol–water partition coefficient (Wildman–Crippen LogP) is 3.31. The molecule has 0 saturated carbocycles. The van der Waals surface area contributed by atoms with E-state index in [1.807, 2.05) is 18.2 Å². The van der Waals surface area contributed by atoms with Gasteiger partial charge in [-0.15, -0.1) is 0 Å². The van der Waals surface area contributed by atoms with Crippen molar-refractivity contribution in [3.8, 4) is 0 Å². The van der Waals surface area contributed by atoms with E-state index < -0.39 is 9.84 Å². The van der Waals surface area contributed by atoms with E-state index >= 15 is 0 Å². The van der Waals surface area contributed by atoms with Crippen LogP contribution < -0.4 is 10.6 Å². The fourth-order valence-electron chi connectivity index (χ4n) is 3.56. The molecule has 0 radical (unpaired) electrons. The molecule has 6 nitrogen and oxygen atoms in total. The van der Waals surface area contributed by atoms with E-state index in [-0.39, 0.29) is 28.7 Å². The summed E-state index contributed by atoms with van der Waals surface area (Å²) in [5, 5.41) is 7.02. The SMILES string of the molecule is CCCC[C@H](CC)CNC(=O)c1cccc(NC2=N[C@@H]3CS(=O)(=O)C[C@@H]3S2)c1. The van der Waals surface area contributed by atoms with Gasteiger partial charge in [-0.3, -0.25) is 9.79 Å². The molecule has 154 valence electrons. The topological polar surface area (TPSA) is 87.6 Å². The standard InChI is InChI=1S/C20H29N3O3S2/c1-3-5-7-14(4-2)11-21-19(24)15-8-6-9-16(10-15)22-20-23-17-12-28(25,26)13-18(17)27-20/h6,8-10,14,17-18H,3-5,7,11-13H2,1-2H3,(H,21,24)(H,22,23)/t14-,17+,18-/m0/s1. The molecule has 1 aromatic carbocycles. The maximum atomic E-state index is 12.5. The molecule has 3 atom stereocenters. The van der Waals surface area contributed by atoms with Crippen LogP contribution >= 0.6 is 11.8 Å². The Morgan fingerprint density at radius 3 is 2.86 bits per heavy atom. The van der Waals surface area contributed by atoms with Crippen molar-refractivity contribution in [1.82, 2.24) is 5.32 Å². The van der Waals surface area contributed by atoms with E-state index in [0.29, 0.717) is 18.0 Å². The summed E-state index contributed by atoms with van der Waals surface area (Å²) in [6, 6.07) is 7.20. The highest BCUT2D eigenvalue weighted by molar-refractivity contribution is 8.15. The molecule has 1 saturated heterocycles. The molecule has 0 spiro atoms. The first-order chi connectivity index (χ1) is 13.4. The van der Waals surface area contributed by atoms with E-state index in [1.165, 1.54) is 24.6 Å². The zero-order chi connectivity index (χ0) is 20.1. The lowest BCUT2D eigenvalue weighted by molar-refractivity contribution is 0.0946. The van der Waals surface area contributed by atoms with E-state index in [9.17, 15) is 13.2 Å². The zero-order valence-electron chi connectivity index (χ0n) is 16.5. The molecular weight excluding hydrogens is 394 g/mol. The Hall–Kier alpha value is -1.54. The number of amides is 1. The number of carbonyl (C=O) groups is 1. The number of benzene rings is 1. The third-order valence-electron chi connectivity index (χ3n) is 5.29. The molecule has 2 N–H and O–H groups in total. The zero-order valence-corrected chi connectivity index (χ0v) is 18.1. The Kier molecular flexibility index (Phi) is 7.04. The first kappa shape index (κ1) is 21.2. The number of hydrogen-bond donors (Lipinski definition) is 2. The summed E-state index contributed by atoms with van der Waals surface area (Å²) in [7, 11) is -2.95. The number of thioether (sulfide) groups is 1. The minimum atomic E-state index is -2.95. The summed E-state index contributed by atoms with van der Waals surface area (Å²) in [5.41, 5.74) is 1.40. The third-order valence-corrected chi connectivity index (χ3v) is 8.43. The Balaban J connectivity index is 1.56. The van der Waals surface area contributed by atoms with Gasteiger partial charge in [-0.1, -0.05) is 50.9 Å². The van der Waals surface area contributed by atoms with Crippen molar-refractivity contribution >= 4 is 38.4 Å². The number of carbonyl (C=O) groups excluding carboxylic acids is 1. The van der Waals surface area contributed by atoms with Crippen LogP contribution in [-0.4, -0.2) is 48.8 Å².